The lowest BCUT2D eigenvalue weighted by atomic mass is 10.3. The first-order valence-electron chi connectivity index (χ1n) is 4.39. The van der Waals surface area contributed by atoms with Crippen LogP contribution in [0.5, 0.6) is 0 Å². The van der Waals surface area contributed by atoms with Crippen LogP contribution in [0.1, 0.15) is 19.8 Å². The lowest BCUT2D eigenvalue weighted by Gasteiger charge is -2.06. The fraction of sp³-hybridized carbons (Fsp3) is 0.778. The smallest absolute Gasteiger partial charge is 0.161 e. The Labute approximate surface area is 73.0 Å². The van der Waals surface area contributed by atoms with Crippen molar-refractivity contribution in [1.82, 2.24) is 0 Å². The Bertz CT molecular complexity index is 145. The van der Waals surface area contributed by atoms with Gasteiger partial charge in [0.05, 0.1) is 13.2 Å². The normalized spacial score (nSPS) is 30.2. The minimum Gasteiger partial charge on any atom is -0.394 e. The number of hydrogen-bond donors (Lipinski definition) is 1. The highest BCUT2D eigenvalue weighted by atomic mass is 16.7. The molecule has 0 aromatic rings. The summed E-state index contributed by atoms with van der Waals surface area (Å²) in [7, 11) is 0. The first kappa shape index (κ1) is 9.71. The molecule has 1 rings (SSSR count). The topological polar surface area (TPSA) is 38.7 Å². The number of allylic oxidation sites excluding steroid dienone is 1. The van der Waals surface area contributed by atoms with Crippen LogP contribution in [0.3, 0.4) is 0 Å². The van der Waals surface area contributed by atoms with E-state index in [1.165, 1.54) is 0 Å². The van der Waals surface area contributed by atoms with E-state index in [9.17, 15) is 0 Å². The Balaban J connectivity index is 2.14. The van der Waals surface area contributed by atoms with Gasteiger partial charge in [-0.1, -0.05) is 19.1 Å². The largest absolute Gasteiger partial charge is 0.394 e. The van der Waals surface area contributed by atoms with Crippen LogP contribution >= 0.6 is 0 Å². The zero-order valence-electron chi connectivity index (χ0n) is 7.40. The zero-order valence-corrected chi connectivity index (χ0v) is 7.40. The maximum absolute atomic E-state index is 8.73. The van der Waals surface area contributed by atoms with Gasteiger partial charge in [-0.3, -0.25) is 0 Å². The third-order valence-corrected chi connectivity index (χ3v) is 1.75. The molecule has 1 N–H and O–H groups in total. The molecule has 3 heteroatoms. The summed E-state index contributed by atoms with van der Waals surface area (Å²) in [4.78, 5) is 0. The summed E-state index contributed by atoms with van der Waals surface area (Å²) < 4.78 is 10.6. The van der Waals surface area contributed by atoms with Gasteiger partial charge in [-0.25, -0.2) is 0 Å². The molecular weight excluding hydrogens is 156 g/mol. The van der Waals surface area contributed by atoms with Crippen molar-refractivity contribution < 1.29 is 14.6 Å². The van der Waals surface area contributed by atoms with Crippen LogP contribution in [0.25, 0.3) is 0 Å². The molecule has 1 heterocycles. The molecule has 1 aliphatic heterocycles. The Morgan fingerprint density at radius 1 is 1.50 bits per heavy atom. The molecule has 0 aromatic carbocycles. The average Bonchev–Trinajstić information content (AvgIpc) is 2.53. The van der Waals surface area contributed by atoms with E-state index >= 15 is 0 Å². The van der Waals surface area contributed by atoms with Gasteiger partial charge in [-0.05, 0) is 6.42 Å². The van der Waals surface area contributed by atoms with Gasteiger partial charge in [0.2, 0.25) is 0 Å². The second-order valence-electron chi connectivity index (χ2n) is 2.82. The van der Waals surface area contributed by atoms with E-state index in [2.05, 4.69) is 13.0 Å². The molecule has 12 heavy (non-hydrogen) atoms. The van der Waals surface area contributed by atoms with E-state index < -0.39 is 0 Å². The Morgan fingerprint density at radius 2 is 2.33 bits per heavy atom. The van der Waals surface area contributed by atoms with Gasteiger partial charge in [0.1, 0.15) is 6.10 Å². The molecule has 0 spiro atoms. The molecule has 0 aromatic heterocycles. The highest BCUT2D eigenvalue weighted by Gasteiger charge is 2.23. The van der Waals surface area contributed by atoms with Crippen molar-refractivity contribution in [2.45, 2.75) is 32.2 Å². The maximum Gasteiger partial charge on any atom is 0.161 e. The molecule has 0 saturated carbocycles. The van der Waals surface area contributed by atoms with Gasteiger partial charge in [0.15, 0.2) is 6.29 Å². The van der Waals surface area contributed by atoms with Crippen molar-refractivity contribution in [3.05, 3.63) is 12.2 Å². The monoisotopic (exact) mass is 172 g/mol. The summed E-state index contributed by atoms with van der Waals surface area (Å²) in [5, 5.41) is 8.73. The molecule has 3 nitrogen and oxygen atoms in total. The fourth-order valence-corrected chi connectivity index (χ4v) is 1.10. The van der Waals surface area contributed by atoms with Crippen LogP contribution in [-0.4, -0.2) is 30.7 Å². The van der Waals surface area contributed by atoms with Crippen LogP contribution in [0.4, 0.5) is 0 Å². The summed E-state index contributed by atoms with van der Waals surface area (Å²) in [6.45, 7) is 2.65. The van der Waals surface area contributed by atoms with Crippen molar-refractivity contribution in [3.8, 4) is 0 Å². The van der Waals surface area contributed by atoms with E-state index in [1.54, 1.807) is 0 Å². The van der Waals surface area contributed by atoms with E-state index in [0.29, 0.717) is 6.61 Å². The SMILES string of the molecule is CCC=CCC1OCC(CO)O1. The predicted octanol–water partition coefficient (Wildman–Crippen LogP) is 1.08. The Morgan fingerprint density at radius 3 is 2.92 bits per heavy atom. The average molecular weight is 172 g/mol. The summed E-state index contributed by atoms with van der Waals surface area (Å²) in [6.07, 6.45) is 5.68. The summed E-state index contributed by atoms with van der Waals surface area (Å²) >= 11 is 0. The van der Waals surface area contributed by atoms with Gasteiger partial charge in [0, 0.05) is 6.42 Å². The number of aliphatic hydroxyl groups is 1. The molecule has 0 radical (unpaired) electrons. The van der Waals surface area contributed by atoms with Gasteiger partial charge >= 0.3 is 0 Å². The van der Waals surface area contributed by atoms with Gasteiger partial charge < -0.3 is 14.6 Å². The van der Waals surface area contributed by atoms with Crippen molar-refractivity contribution in [3.63, 3.8) is 0 Å². The van der Waals surface area contributed by atoms with Gasteiger partial charge in [0.25, 0.3) is 0 Å². The summed E-state index contributed by atoms with van der Waals surface area (Å²) in [6, 6.07) is 0. The molecule has 1 saturated heterocycles. The fourth-order valence-electron chi connectivity index (χ4n) is 1.10. The number of hydrogen-bond acceptors (Lipinski definition) is 3. The van der Waals surface area contributed by atoms with Crippen molar-refractivity contribution in [2.24, 2.45) is 0 Å². The molecule has 0 bridgehead atoms. The highest BCUT2D eigenvalue weighted by Crippen LogP contribution is 2.14. The molecule has 2 atom stereocenters. The molecular formula is C9H16O3. The lowest BCUT2D eigenvalue weighted by Crippen LogP contribution is -2.15. The van der Waals surface area contributed by atoms with Crippen LogP contribution in [0, 0.1) is 0 Å². The van der Waals surface area contributed by atoms with E-state index in [-0.39, 0.29) is 19.0 Å². The minimum absolute atomic E-state index is 0.0496. The van der Waals surface area contributed by atoms with E-state index in [4.69, 9.17) is 14.6 Å². The Kier molecular flexibility index (Phi) is 4.29. The number of aliphatic hydroxyl groups excluding tert-OH is 1. The van der Waals surface area contributed by atoms with Crippen LogP contribution < -0.4 is 0 Å². The zero-order chi connectivity index (χ0) is 8.81. The van der Waals surface area contributed by atoms with Crippen LogP contribution in [0.15, 0.2) is 12.2 Å². The van der Waals surface area contributed by atoms with Crippen LogP contribution in [0.2, 0.25) is 0 Å². The molecule has 1 aliphatic rings. The number of ether oxygens (including phenoxy) is 2. The molecule has 0 amide bonds. The standard InChI is InChI=1S/C9H16O3/c1-2-3-4-5-9-11-7-8(6-10)12-9/h3-4,8-10H,2,5-7H2,1H3. The minimum atomic E-state index is -0.148. The second-order valence-corrected chi connectivity index (χ2v) is 2.82. The maximum atomic E-state index is 8.73. The first-order chi connectivity index (χ1) is 5.86. The highest BCUT2D eigenvalue weighted by molar-refractivity contribution is 4.82. The molecule has 2 unspecified atom stereocenters. The van der Waals surface area contributed by atoms with Gasteiger partial charge in [-0.15, -0.1) is 0 Å². The predicted molar refractivity (Wildman–Crippen MR) is 45.7 cm³/mol. The third-order valence-electron chi connectivity index (χ3n) is 1.75. The molecule has 0 aliphatic carbocycles. The quantitative estimate of drug-likeness (QED) is 0.645. The van der Waals surface area contributed by atoms with Crippen molar-refractivity contribution in [2.75, 3.05) is 13.2 Å². The molecule has 70 valence electrons. The summed E-state index contributed by atoms with van der Waals surface area (Å²) in [5.41, 5.74) is 0. The van der Waals surface area contributed by atoms with E-state index in [1.807, 2.05) is 6.08 Å². The van der Waals surface area contributed by atoms with Crippen molar-refractivity contribution in [1.29, 1.82) is 0 Å². The lowest BCUT2D eigenvalue weighted by molar-refractivity contribution is -0.0615. The summed E-state index contributed by atoms with van der Waals surface area (Å²) in [5.74, 6) is 0. The number of rotatable bonds is 4. The first-order valence-corrected chi connectivity index (χ1v) is 4.39. The van der Waals surface area contributed by atoms with E-state index in [0.717, 1.165) is 12.8 Å². The Hall–Kier alpha value is -0.380. The molecule has 1 fully saturated rings. The van der Waals surface area contributed by atoms with Crippen molar-refractivity contribution >= 4 is 0 Å². The van der Waals surface area contributed by atoms with Crippen LogP contribution in [-0.2, 0) is 9.47 Å². The second kappa shape index (κ2) is 5.30. The third kappa shape index (κ3) is 2.93. The van der Waals surface area contributed by atoms with Gasteiger partial charge in [-0.2, -0.15) is 0 Å².